The fourth-order valence-corrected chi connectivity index (χ4v) is 1.80. The number of halogens is 1. The number of carbonyl (C=O) groups is 1. The zero-order valence-corrected chi connectivity index (χ0v) is 11.1. The Bertz CT molecular complexity index is 586. The van der Waals surface area contributed by atoms with Gasteiger partial charge in [0.15, 0.2) is 6.29 Å². The van der Waals surface area contributed by atoms with E-state index in [1.807, 2.05) is 36.4 Å². The second-order valence-corrected chi connectivity index (χ2v) is 4.74. The van der Waals surface area contributed by atoms with Gasteiger partial charge in [-0.3, -0.25) is 4.79 Å². The first-order valence-corrected chi connectivity index (χ1v) is 6.20. The second kappa shape index (κ2) is 5.65. The lowest BCUT2D eigenvalue weighted by Gasteiger charge is -1.99. The van der Waals surface area contributed by atoms with Gasteiger partial charge in [0.05, 0.1) is 5.56 Å². The van der Waals surface area contributed by atoms with Crippen LogP contribution in [0.4, 0.5) is 0 Å². The van der Waals surface area contributed by atoms with E-state index in [9.17, 15) is 9.90 Å². The lowest BCUT2D eigenvalue weighted by atomic mass is 10.1. The van der Waals surface area contributed by atoms with Gasteiger partial charge in [0, 0.05) is 4.47 Å². The highest BCUT2D eigenvalue weighted by Gasteiger charge is 1.99. The Morgan fingerprint density at radius 2 is 1.56 bits per heavy atom. The predicted octanol–water partition coefficient (Wildman–Crippen LogP) is 4.14. The smallest absolute Gasteiger partial charge is 0.153 e. The van der Waals surface area contributed by atoms with E-state index < -0.39 is 0 Å². The summed E-state index contributed by atoms with van der Waals surface area (Å²) in [6.45, 7) is 0. The van der Waals surface area contributed by atoms with Crippen LogP contribution < -0.4 is 0 Å². The van der Waals surface area contributed by atoms with Crippen LogP contribution in [0, 0.1) is 0 Å². The van der Waals surface area contributed by atoms with Crippen molar-refractivity contribution >= 4 is 34.4 Å². The monoisotopic (exact) mass is 302 g/mol. The van der Waals surface area contributed by atoms with Crippen molar-refractivity contribution in [1.29, 1.82) is 0 Å². The highest BCUT2D eigenvalue weighted by molar-refractivity contribution is 9.10. The molecule has 0 unspecified atom stereocenters. The summed E-state index contributed by atoms with van der Waals surface area (Å²) in [6.07, 6.45) is 4.50. The van der Waals surface area contributed by atoms with Crippen molar-refractivity contribution in [2.45, 2.75) is 0 Å². The molecule has 0 aliphatic rings. The first kappa shape index (κ1) is 12.6. The third-order valence-corrected chi connectivity index (χ3v) is 3.05. The highest BCUT2D eigenvalue weighted by atomic mass is 79.9. The summed E-state index contributed by atoms with van der Waals surface area (Å²) in [5.74, 6) is 0.00536. The Hall–Kier alpha value is -1.87. The summed E-state index contributed by atoms with van der Waals surface area (Å²) in [5.41, 5.74) is 2.24. The lowest BCUT2D eigenvalue weighted by Crippen LogP contribution is -1.82. The molecule has 0 saturated carbocycles. The van der Waals surface area contributed by atoms with Crippen molar-refractivity contribution in [3.05, 3.63) is 63.6 Å². The van der Waals surface area contributed by atoms with Crippen molar-refractivity contribution in [3.63, 3.8) is 0 Å². The summed E-state index contributed by atoms with van der Waals surface area (Å²) in [7, 11) is 0. The maximum atomic E-state index is 10.7. The molecule has 2 aromatic carbocycles. The summed E-state index contributed by atoms with van der Waals surface area (Å²) in [6, 6.07) is 12.8. The average Bonchev–Trinajstić information content (AvgIpc) is 2.39. The van der Waals surface area contributed by atoms with E-state index in [0.717, 1.165) is 15.6 Å². The molecular formula is C15H11BrO2. The zero-order chi connectivity index (χ0) is 13.0. The van der Waals surface area contributed by atoms with Crippen LogP contribution in [0.5, 0.6) is 5.75 Å². The molecule has 2 rings (SSSR count). The van der Waals surface area contributed by atoms with E-state index in [1.54, 1.807) is 12.1 Å². The van der Waals surface area contributed by atoms with E-state index in [0.29, 0.717) is 11.8 Å². The van der Waals surface area contributed by atoms with Crippen LogP contribution in [0.3, 0.4) is 0 Å². The number of aromatic hydroxyl groups is 1. The van der Waals surface area contributed by atoms with Gasteiger partial charge in [-0.1, -0.05) is 46.3 Å². The number of phenolic OH excluding ortho intramolecular Hbond substituents is 1. The lowest BCUT2D eigenvalue weighted by molar-refractivity contribution is 0.112. The Kier molecular flexibility index (Phi) is 3.95. The van der Waals surface area contributed by atoms with Crippen LogP contribution in [-0.2, 0) is 0 Å². The van der Waals surface area contributed by atoms with E-state index in [2.05, 4.69) is 15.9 Å². The van der Waals surface area contributed by atoms with Gasteiger partial charge in [-0.15, -0.1) is 0 Å². The van der Waals surface area contributed by atoms with Gasteiger partial charge in [0.1, 0.15) is 5.75 Å². The number of phenols is 1. The number of hydrogen-bond acceptors (Lipinski definition) is 2. The third-order valence-electron chi connectivity index (χ3n) is 2.52. The van der Waals surface area contributed by atoms with E-state index in [1.165, 1.54) is 6.07 Å². The predicted molar refractivity (Wildman–Crippen MR) is 76.6 cm³/mol. The molecule has 0 aromatic heterocycles. The van der Waals surface area contributed by atoms with Gasteiger partial charge in [0.2, 0.25) is 0 Å². The molecule has 0 saturated heterocycles. The second-order valence-electron chi connectivity index (χ2n) is 3.82. The molecule has 2 aromatic rings. The molecule has 18 heavy (non-hydrogen) atoms. The minimum atomic E-state index is 0.00536. The van der Waals surface area contributed by atoms with Crippen molar-refractivity contribution in [2.75, 3.05) is 0 Å². The van der Waals surface area contributed by atoms with Crippen LogP contribution >= 0.6 is 15.9 Å². The van der Waals surface area contributed by atoms with E-state index >= 15 is 0 Å². The SMILES string of the molecule is O=Cc1cc(/C=C/c2ccc(Br)cc2)ccc1O. The van der Waals surface area contributed by atoms with Crippen LogP contribution in [0.1, 0.15) is 21.5 Å². The number of hydrogen-bond donors (Lipinski definition) is 1. The minimum absolute atomic E-state index is 0.00536. The van der Waals surface area contributed by atoms with Gasteiger partial charge in [-0.25, -0.2) is 0 Å². The third kappa shape index (κ3) is 3.08. The number of rotatable bonds is 3. The fourth-order valence-electron chi connectivity index (χ4n) is 1.54. The number of benzene rings is 2. The van der Waals surface area contributed by atoms with Crippen LogP contribution in [0.15, 0.2) is 46.9 Å². The van der Waals surface area contributed by atoms with E-state index in [-0.39, 0.29) is 5.75 Å². The molecule has 0 bridgehead atoms. The molecule has 3 heteroatoms. The van der Waals surface area contributed by atoms with Crippen molar-refractivity contribution in [3.8, 4) is 5.75 Å². The maximum absolute atomic E-state index is 10.7. The molecule has 0 aliphatic carbocycles. The minimum Gasteiger partial charge on any atom is -0.507 e. The number of aldehydes is 1. The van der Waals surface area contributed by atoms with Crippen molar-refractivity contribution in [1.82, 2.24) is 0 Å². The molecule has 0 atom stereocenters. The molecule has 0 spiro atoms. The normalized spacial score (nSPS) is 10.7. The zero-order valence-electron chi connectivity index (χ0n) is 9.51. The Morgan fingerprint density at radius 1 is 0.944 bits per heavy atom. The first-order chi connectivity index (χ1) is 8.69. The fraction of sp³-hybridized carbons (Fsp3) is 0. The van der Waals surface area contributed by atoms with Crippen molar-refractivity contribution in [2.24, 2.45) is 0 Å². The standard InChI is InChI=1S/C15H11BrO2/c16-14-6-3-11(4-7-14)1-2-12-5-8-15(18)13(9-12)10-17/h1-10,18H/b2-1+. The summed E-state index contributed by atoms with van der Waals surface area (Å²) in [5, 5.41) is 9.39. The quantitative estimate of drug-likeness (QED) is 0.683. The van der Waals surface area contributed by atoms with Gasteiger partial charge in [0.25, 0.3) is 0 Å². The molecule has 2 nitrogen and oxygen atoms in total. The molecule has 0 aliphatic heterocycles. The van der Waals surface area contributed by atoms with Crippen LogP contribution in [-0.4, -0.2) is 11.4 Å². The Morgan fingerprint density at radius 3 is 2.22 bits per heavy atom. The maximum Gasteiger partial charge on any atom is 0.153 e. The van der Waals surface area contributed by atoms with E-state index in [4.69, 9.17) is 0 Å². The Labute approximate surface area is 114 Å². The van der Waals surface area contributed by atoms with Crippen molar-refractivity contribution < 1.29 is 9.90 Å². The first-order valence-electron chi connectivity index (χ1n) is 5.41. The van der Waals surface area contributed by atoms with Crippen LogP contribution in [0.25, 0.3) is 12.2 Å². The molecule has 0 amide bonds. The van der Waals surface area contributed by atoms with Crippen LogP contribution in [0.2, 0.25) is 0 Å². The van der Waals surface area contributed by atoms with Gasteiger partial charge < -0.3 is 5.11 Å². The van der Waals surface area contributed by atoms with Gasteiger partial charge in [-0.2, -0.15) is 0 Å². The summed E-state index contributed by atoms with van der Waals surface area (Å²) in [4.78, 5) is 10.7. The molecule has 1 N–H and O–H groups in total. The summed E-state index contributed by atoms with van der Waals surface area (Å²) < 4.78 is 1.03. The average molecular weight is 303 g/mol. The number of carbonyl (C=O) groups excluding carboxylic acids is 1. The topological polar surface area (TPSA) is 37.3 Å². The van der Waals surface area contributed by atoms with Gasteiger partial charge in [-0.05, 0) is 35.4 Å². The molecule has 0 fully saturated rings. The molecule has 0 heterocycles. The summed E-state index contributed by atoms with van der Waals surface area (Å²) >= 11 is 3.38. The highest BCUT2D eigenvalue weighted by Crippen LogP contribution is 2.18. The Balaban J connectivity index is 2.23. The molecule has 90 valence electrons. The van der Waals surface area contributed by atoms with Gasteiger partial charge >= 0.3 is 0 Å². The molecular weight excluding hydrogens is 292 g/mol. The molecule has 0 radical (unpaired) electrons. The largest absolute Gasteiger partial charge is 0.507 e.